The number of likely N-dealkylation sites (N-methyl/N-ethyl adjacent to an activating group) is 1. The van der Waals surface area contributed by atoms with Crippen molar-refractivity contribution in [2.45, 2.75) is 16.2 Å². The number of benzene rings is 2. The minimum absolute atomic E-state index is 0. The predicted octanol–water partition coefficient (Wildman–Crippen LogP) is 3.05. The molecule has 2 aromatic carbocycles. The number of ether oxygens (including phenoxy) is 1. The van der Waals surface area contributed by atoms with Crippen molar-refractivity contribution in [2.75, 3.05) is 39.2 Å². The lowest BCUT2D eigenvalue weighted by molar-refractivity contribution is -0.126. The summed E-state index contributed by atoms with van der Waals surface area (Å²) in [5.74, 6) is 0.412. The lowest BCUT2D eigenvalue weighted by Gasteiger charge is -2.26. The van der Waals surface area contributed by atoms with Crippen LogP contribution in [0.5, 0.6) is 5.75 Å². The number of halogens is 2. The van der Waals surface area contributed by atoms with Gasteiger partial charge in [0, 0.05) is 13.1 Å². The Morgan fingerprint density at radius 1 is 1.21 bits per heavy atom. The van der Waals surface area contributed by atoms with Gasteiger partial charge in [-0.25, -0.2) is 0 Å². The van der Waals surface area contributed by atoms with Crippen molar-refractivity contribution < 1.29 is 20.1 Å². The van der Waals surface area contributed by atoms with E-state index in [2.05, 4.69) is 0 Å². The fraction of sp³-hybridized carbons (Fsp3) is 0.350. The maximum Gasteiger partial charge on any atom is 0.257 e. The minimum Gasteiger partial charge on any atom is -0.497 e. The van der Waals surface area contributed by atoms with E-state index in [0.29, 0.717) is 18.1 Å². The first-order valence-electron chi connectivity index (χ1n) is 8.65. The van der Waals surface area contributed by atoms with Crippen LogP contribution >= 0.6 is 35.8 Å². The third-order valence-corrected chi connectivity index (χ3v) is 6.38. The summed E-state index contributed by atoms with van der Waals surface area (Å²) >= 11 is 7.89. The van der Waals surface area contributed by atoms with Gasteiger partial charge in [-0.15, -0.1) is 24.2 Å². The molecule has 29 heavy (non-hydrogen) atoms. The van der Waals surface area contributed by atoms with Gasteiger partial charge in [-0.3, -0.25) is 4.79 Å². The fourth-order valence-corrected chi connectivity index (χ4v) is 4.58. The maximum atomic E-state index is 13.1. The van der Waals surface area contributed by atoms with Crippen LogP contribution in [0.25, 0.3) is 0 Å². The van der Waals surface area contributed by atoms with Gasteiger partial charge in [0.25, 0.3) is 5.91 Å². The lowest BCUT2D eigenvalue weighted by atomic mass is 10.1. The smallest absolute Gasteiger partial charge is 0.257 e. The molecule has 1 aliphatic heterocycles. The van der Waals surface area contributed by atoms with E-state index in [1.807, 2.05) is 61.5 Å². The molecule has 0 radical (unpaired) electrons. The third-order valence-electron chi connectivity index (χ3n) is 4.50. The van der Waals surface area contributed by atoms with E-state index in [9.17, 15) is 9.90 Å². The van der Waals surface area contributed by atoms with Gasteiger partial charge >= 0.3 is 0 Å². The number of hydrogen-bond donors (Lipinski definition) is 1. The Morgan fingerprint density at radius 3 is 2.45 bits per heavy atom. The Morgan fingerprint density at radius 2 is 1.86 bits per heavy atom. The summed E-state index contributed by atoms with van der Waals surface area (Å²) in [6.07, 6.45) is -1.17. The summed E-state index contributed by atoms with van der Waals surface area (Å²) in [6.45, 7) is 1.16. The number of hydrogen-bond acceptors (Lipinski definition) is 5. The molecule has 0 fully saturated rings. The molecule has 1 amide bonds. The van der Waals surface area contributed by atoms with Crippen LogP contribution in [0.15, 0.2) is 47.4 Å². The van der Waals surface area contributed by atoms with Crippen molar-refractivity contribution in [1.29, 1.82) is 0 Å². The number of fused-ring (bicyclic) bond motifs is 1. The van der Waals surface area contributed by atoms with Gasteiger partial charge in [-0.1, -0.05) is 29.8 Å². The monoisotopic (exact) mass is 460 g/mol. The number of methoxy groups -OCH3 is 1. The zero-order chi connectivity index (χ0) is 19.6. The highest BCUT2D eigenvalue weighted by molar-refractivity contribution is 8.00. The molecule has 3 rings (SSSR count). The number of aliphatic hydroxyl groups is 1. The second-order valence-electron chi connectivity index (χ2n) is 6.64. The molecule has 0 aromatic heterocycles. The SMILES string of the molecule is COc1ccc(C2Sc3c(Cl)cccc3N(CCN(C)C)C(=O)C2O)cc1.Cl.O. The first-order valence-corrected chi connectivity index (χ1v) is 9.91. The predicted molar refractivity (Wildman–Crippen MR) is 121 cm³/mol. The van der Waals surface area contributed by atoms with Gasteiger partial charge in [0.2, 0.25) is 0 Å². The van der Waals surface area contributed by atoms with E-state index in [1.165, 1.54) is 11.8 Å². The number of nitrogens with zero attached hydrogens (tertiary/aromatic N) is 2. The molecule has 0 aliphatic carbocycles. The summed E-state index contributed by atoms with van der Waals surface area (Å²) in [7, 11) is 5.51. The number of carbonyl (C=O) groups is 1. The largest absolute Gasteiger partial charge is 0.497 e. The van der Waals surface area contributed by atoms with Gasteiger partial charge in [0.1, 0.15) is 11.9 Å². The Hall–Kier alpha value is -1.48. The van der Waals surface area contributed by atoms with Crippen LogP contribution in [0.2, 0.25) is 5.02 Å². The van der Waals surface area contributed by atoms with E-state index in [-0.39, 0.29) is 23.8 Å². The van der Waals surface area contributed by atoms with E-state index >= 15 is 0 Å². The Balaban J connectivity index is 0.00000210. The zero-order valence-electron chi connectivity index (χ0n) is 16.5. The number of rotatable bonds is 5. The van der Waals surface area contributed by atoms with Gasteiger partial charge in [-0.2, -0.15) is 0 Å². The van der Waals surface area contributed by atoms with Crippen molar-refractivity contribution in [3.05, 3.63) is 53.1 Å². The maximum absolute atomic E-state index is 13.1. The van der Waals surface area contributed by atoms with Crippen LogP contribution in [-0.4, -0.2) is 61.8 Å². The van der Waals surface area contributed by atoms with E-state index in [1.54, 1.807) is 12.0 Å². The number of aliphatic hydroxyl groups excluding tert-OH is 1. The molecule has 1 heterocycles. The van der Waals surface area contributed by atoms with Gasteiger partial charge < -0.3 is 25.1 Å². The number of anilines is 1. The zero-order valence-corrected chi connectivity index (χ0v) is 18.9. The molecule has 9 heteroatoms. The van der Waals surface area contributed by atoms with Crippen molar-refractivity contribution in [3.8, 4) is 5.75 Å². The molecular weight excluding hydrogens is 435 g/mol. The Kier molecular flexibility index (Phi) is 9.75. The number of amides is 1. The molecular formula is C20H26Cl2N2O4S. The van der Waals surface area contributed by atoms with E-state index < -0.39 is 11.4 Å². The highest BCUT2D eigenvalue weighted by Crippen LogP contribution is 2.48. The summed E-state index contributed by atoms with van der Waals surface area (Å²) in [4.78, 5) is 17.6. The molecule has 0 spiro atoms. The van der Waals surface area contributed by atoms with E-state index in [0.717, 1.165) is 21.9 Å². The summed E-state index contributed by atoms with van der Waals surface area (Å²) < 4.78 is 5.21. The first-order chi connectivity index (χ1) is 12.9. The van der Waals surface area contributed by atoms with Crippen molar-refractivity contribution >= 4 is 47.4 Å². The van der Waals surface area contributed by atoms with Crippen LogP contribution in [0.1, 0.15) is 10.8 Å². The Labute approximate surface area is 186 Å². The van der Waals surface area contributed by atoms with Gasteiger partial charge in [-0.05, 0) is 43.9 Å². The summed E-state index contributed by atoms with van der Waals surface area (Å²) in [5, 5.41) is 11.0. The normalized spacial score (nSPS) is 18.4. The number of thioether (sulfide) groups is 1. The van der Waals surface area contributed by atoms with Gasteiger partial charge in [0.05, 0.1) is 28.0 Å². The van der Waals surface area contributed by atoms with Crippen LogP contribution in [0.4, 0.5) is 5.69 Å². The molecule has 0 saturated carbocycles. The minimum atomic E-state index is -1.17. The molecule has 6 nitrogen and oxygen atoms in total. The first kappa shape index (κ1) is 25.6. The van der Waals surface area contributed by atoms with Crippen molar-refractivity contribution in [1.82, 2.24) is 4.90 Å². The highest BCUT2D eigenvalue weighted by atomic mass is 35.5. The third kappa shape index (κ3) is 5.57. The van der Waals surface area contributed by atoms with Crippen molar-refractivity contribution in [3.63, 3.8) is 0 Å². The summed E-state index contributed by atoms with van der Waals surface area (Å²) in [6, 6.07) is 12.9. The average Bonchev–Trinajstić information content (AvgIpc) is 2.76. The molecule has 0 bridgehead atoms. The Bertz CT molecular complexity index is 821. The van der Waals surface area contributed by atoms with Crippen molar-refractivity contribution in [2.24, 2.45) is 0 Å². The quantitative estimate of drug-likeness (QED) is 0.740. The molecule has 2 aromatic rings. The molecule has 160 valence electrons. The van der Waals surface area contributed by atoms with Gasteiger partial charge in [0.15, 0.2) is 0 Å². The second kappa shape index (κ2) is 11.1. The highest BCUT2D eigenvalue weighted by Gasteiger charge is 2.38. The molecule has 2 unspecified atom stereocenters. The van der Waals surface area contributed by atoms with Crippen LogP contribution in [0, 0.1) is 0 Å². The molecule has 3 N–H and O–H groups in total. The fourth-order valence-electron chi connectivity index (χ4n) is 3.00. The van der Waals surface area contributed by atoms with Crippen LogP contribution in [-0.2, 0) is 4.79 Å². The summed E-state index contributed by atoms with van der Waals surface area (Å²) in [5.41, 5.74) is 1.59. The number of carbonyl (C=O) groups excluding carboxylic acids is 1. The average molecular weight is 461 g/mol. The lowest BCUT2D eigenvalue weighted by Crippen LogP contribution is -2.43. The molecule has 2 atom stereocenters. The van der Waals surface area contributed by atoms with Crippen LogP contribution < -0.4 is 9.64 Å². The van der Waals surface area contributed by atoms with Crippen LogP contribution in [0.3, 0.4) is 0 Å². The second-order valence-corrected chi connectivity index (χ2v) is 8.20. The standard InChI is InChI=1S/C20H23ClN2O3S.ClH.H2O/c1-22(2)11-12-23-16-6-4-5-15(21)19(16)27-18(17(24)20(23)25)13-7-9-14(26-3)10-8-13;;/h4-10,17-18,24H,11-12H2,1-3H3;1H;1H2. The topological polar surface area (TPSA) is 84.5 Å². The molecule has 1 aliphatic rings. The van der Waals surface area contributed by atoms with E-state index in [4.69, 9.17) is 16.3 Å². The molecule has 0 saturated heterocycles.